The highest BCUT2D eigenvalue weighted by molar-refractivity contribution is 5.70. The zero-order valence-corrected chi connectivity index (χ0v) is 33.0. The summed E-state index contributed by atoms with van der Waals surface area (Å²) in [6.07, 6.45) is 11.9. The molecule has 298 valence electrons. The molecule has 0 bridgehead atoms. The van der Waals surface area contributed by atoms with Crippen molar-refractivity contribution in [3.63, 3.8) is 0 Å². The Morgan fingerprint density at radius 2 is 1.67 bits per heavy atom. The van der Waals surface area contributed by atoms with Crippen LogP contribution in [0, 0.1) is 17.8 Å². The molecular weight excluding hydrogens is 664 g/mol. The normalized spacial score (nSPS) is 32.3. The van der Waals surface area contributed by atoms with Crippen LogP contribution in [0.2, 0.25) is 0 Å². The second-order valence-corrected chi connectivity index (χ2v) is 16.5. The van der Waals surface area contributed by atoms with Crippen molar-refractivity contribution in [3.05, 3.63) is 36.0 Å². The van der Waals surface area contributed by atoms with Crippen LogP contribution < -0.4 is 0 Å². The summed E-state index contributed by atoms with van der Waals surface area (Å²) in [7, 11) is 0. The fraction of sp³-hybridized carbons (Fsp3) is 0.805. The molecule has 0 aromatic carbocycles. The van der Waals surface area contributed by atoms with Crippen LogP contribution in [0.15, 0.2) is 36.0 Å². The molecule has 1 amide bonds. The number of ether oxygens (including phenoxy) is 2. The number of hydrogen-bond acceptors (Lipinski definition) is 10. The number of carbonyl (C=O) groups is 2. The fourth-order valence-electron chi connectivity index (χ4n) is 7.78. The molecule has 1 saturated carbocycles. The number of amides is 1. The maximum atomic E-state index is 13.5. The van der Waals surface area contributed by atoms with E-state index in [0.717, 1.165) is 13.1 Å². The molecule has 1 aliphatic carbocycles. The summed E-state index contributed by atoms with van der Waals surface area (Å²) in [6, 6.07) is 0.573. The molecule has 0 radical (unpaired) electrons. The Labute approximate surface area is 312 Å². The van der Waals surface area contributed by atoms with Crippen molar-refractivity contribution >= 4 is 12.1 Å². The molecule has 52 heavy (non-hydrogen) atoms. The van der Waals surface area contributed by atoms with Crippen LogP contribution in [0.1, 0.15) is 119 Å². The average Bonchev–Trinajstić information content (AvgIpc) is 3.39. The number of aliphatic hydroxyl groups is 5. The van der Waals surface area contributed by atoms with Gasteiger partial charge in [0.05, 0.1) is 30.3 Å². The highest BCUT2D eigenvalue weighted by Gasteiger charge is 2.37. The van der Waals surface area contributed by atoms with E-state index in [0.29, 0.717) is 31.1 Å². The highest BCUT2D eigenvalue weighted by atomic mass is 16.6. The van der Waals surface area contributed by atoms with Crippen LogP contribution >= 0.6 is 0 Å². The summed E-state index contributed by atoms with van der Waals surface area (Å²) in [4.78, 5) is 30.6. The van der Waals surface area contributed by atoms with E-state index < -0.39 is 59.7 Å². The maximum Gasteiger partial charge on any atom is 0.410 e. The van der Waals surface area contributed by atoms with Crippen molar-refractivity contribution in [2.75, 3.05) is 26.2 Å². The Kier molecular flexibility index (Phi) is 17.3. The molecule has 10 atom stereocenters. The van der Waals surface area contributed by atoms with E-state index in [9.17, 15) is 35.1 Å². The van der Waals surface area contributed by atoms with Gasteiger partial charge in [-0.2, -0.15) is 0 Å². The van der Waals surface area contributed by atoms with Gasteiger partial charge < -0.3 is 39.9 Å². The first-order valence-electron chi connectivity index (χ1n) is 19.9. The molecule has 11 heteroatoms. The van der Waals surface area contributed by atoms with Crippen molar-refractivity contribution < 1.29 is 44.6 Å². The predicted molar refractivity (Wildman–Crippen MR) is 202 cm³/mol. The first kappa shape index (κ1) is 44.1. The van der Waals surface area contributed by atoms with Gasteiger partial charge in [0.1, 0.15) is 11.7 Å². The van der Waals surface area contributed by atoms with Gasteiger partial charge in [-0.3, -0.25) is 9.69 Å². The van der Waals surface area contributed by atoms with Gasteiger partial charge in [-0.25, -0.2) is 4.79 Å². The summed E-state index contributed by atoms with van der Waals surface area (Å²) in [5.74, 6) is -1.34. The third-order valence-corrected chi connectivity index (χ3v) is 11.8. The lowest BCUT2D eigenvalue weighted by Crippen LogP contribution is -2.53. The van der Waals surface area contributed by atoms with E-state index in [4.69, 9.17) is 9.47 Å². The maximum absolute atomic E-state index is 13.5. The zero-order valence-electron chi connectivity index (χ0n) is 33.0. The monoisotopic (exact) mass is 735 g/mol. The van der Waals surface area contributed by atoms with Gasteiger partial charge in [-0.1, -0.05) is 77.7 Å². The molecule has 3 aliphatic rings. The van der Waals surface area contributed by atoms with Gasteiger partial charge in [-0.05, 0) is 76.4 Å². The van der Waals surface area contributed by atoms with Gasteiger partial charge in [0.2, 0.25) is 0 Å². The molecule has 5 N–H and O–H groups in total. The molecular formula is C41H70N2O9. The molecule has 10 unspecified atom stereocenters. The van der Waals surface area contributed by atoms with E-state index in [2.05, 4.69) is 4.90 Å². The van der Waals surface area contributed by atoms with Crippen molar-refractivity contribution in [1.82, 2.24) is 9.80 Å². The van der Waals surface area contributed by atoms with Gasteiger partial charge in [-0.15, -0.1) is 0 Å². The van der Waals surface area contributed by atoms with Gasteiger partial charge in [0, 0.05) is 44.6 Å². The van der Waals surface area contributed by atoms with Crippen molar-refractivity contribution in [2.45, 2.75) is 167 Å². The summed E-state index contributed by atoms with van der Waals surface area (Å²) in [5, 5.41) is 54.3. The first-order chi connectivity index (χ1) is 24.4. The largest absolute Gasteiger partial charge is 0.457 e. The fourth-order valence-corrected chi connectivity index (χ4v) is 7.78. The standard InChI is InChI=1S/C41H70N2O9/c1-8-34(45)30(4)31(5)35(46)27-40(6,49)20-13-14-28(2)38-29(3)17-18-36(41(7,50)21-19-33(44)26-37(47)52-38)51-39(48)43-24-22-42(23-25-43)32-15-11-9-10-12-16-32/h13-14,17-18,20,29-36,38,44-46,49-50H,8-12,15-16,19,21-27H2,1-7H3/b18-17+,20-13+,28-14+. The van der Waals surface area contributed by atoms with E-state index in [1.807, 2.05) is 27.7 Å². The lowest BCUT2D eigenvalue weighted by molar-refractivity contribution is -0.151. The third kappa shape index (κ3) is 13.5. The topological polar surface area (TPSA) is 160 Å². The minimum Gasteiger partial charge on any atom is -0.457 e. The molecule has 3 rings (SSSR count). The van der Waals surface area contributed by atoms with Gasteiger partial charge in [0.15, 0.2) is 6.10 Å². The van der Waals surface area contributed by atoms with Crippen molar-refractivity contribution in [1.29, 1.82) is 0 Å². The summed E-state index contributed by atoms with van der Waals surface area (Å²) >= 11 is 0. The Hall–Kier alpha value is -2.28. The quantitative estimate of drug-likeness (QED) is 0.0818. The van der Waals surface area contributed by atoms with Crippen LogP contribution in [0.25, 0.3) is 0 Å². The van der Waals surface area contributed by atoms with Crippen LogP contribution in [-0.2, 0) is 14.3 Å². The smallest absolute Gasteiger partial charge is 0.410 e. The molecule has 1 saturated heterocycles. The second-order valence-electron chi connectivity index (χ2n) is 16.5. The number of carbonyl (C=O) groups excluding carboxylic acids is 2. The van der Waals surface area contributed by atoms with Gasteiger partial charge >= 0.3 is 12.1 Å². The van der Waals surface area contributed by atoms with Crippen LogP contribution in [0.3, 0.4) is 0 Å². The minimum atomic E-state index is -1.50. The Morgan fingerprint density at radius 1 is 1.06 bits per heavy atom. The Bertz CT molecular complexity index is 1200. The van der Waals surface area contributed by atoms with E-state index in [1.54, 1.807) is 56.1 Å². The lowest BCUT2D eigenvalue weighted by Gasteiger charge is -2.40. The Morgan fingerprint density at radius 3 is 2.29 bits per heavy atom. The molecule has 2 heterocycles. The number of cyclic esters (lactones) is 1. The van der Waals surface area contributed by atoms with Crippen molar-refractivity contribution in [3.8, 4) is 0 Å². The molecule has 0 aromatic heterocycles. The lowest BCUT2D eigenvalue weighted by atomic mass is 9.81. The highest BCUT2D eigenvalue weighted by Crippen LogP contribution is 2.30. The second kappa shape index (κ2) is 20.4. The predicted octanol–water partition coefficient (Wildman–Crippen LogP) is 5.28. The molecule has 11 nitrogen and oxygen atoms in total. The van der Waals surface area contributed by atoms with Gasteiger partial charge in [0.25, 0.3) is 0 Å². The van der Waals surface area contributed by atoms with E-state index in [-0.39, 0.29) is 37.5 Å². The summed E-state index contributed by atoms with van der Waals surface area (Å²) in [5.41, 5.74) is -2.17. The third-order valence-electron chi connectivity index (χ3n) is 11.8. The molecule has 0 aromatic rings. The number of nitrogens with zero attached hydrogens (tertiary/aromatic N) is 2. The number of esters is 1. The molecule has 0 spiro atoms. The zero-order chi connectivity index (χ0) is 38.6. The summed E-state index contributed by atoms with van der Waals surface area (Å²) in [6.45, 7) is 15.2. The Balaban J connectivity index is 1.73. The van der Waals surface area contributed by atoms with Crippen molar-refractivity contribution in [2.24, 2.45) is 17.8 Å². The van der Waals surface area contributed by atoms with Crippen LogP contribution in [0.5, 0.6) is 0 Å². The van der Waals surface area contributed by atoms with Crippen LogP contribution in [-0.4, -0.2) is 121 Å². The first-order valence-corrected chi connectivity index (χ1v) is 19.9. The summed E-state index contributed by atoms with van der Waals surface area (Å²) < 4.78 is 11.9. The molecule has 2 aliphatic heterocycles. The average molecular weight is 735 g/mol. The number of hydrogen-bond donors (Lipinski definition) is 5. The SMILES string of the molecule is CCC(O)C(C)C(C)C(O)CC(C)(O)/C=C/C=C(\C)C1OC(=O)CC(O)CCC(C)(O)C(OC(=O)N2CCN(C3CCCCCC3)CC2)/C=C/C1C. The molecule has 2 fully saturated rings. The number of allylic oxidation sites excluding steroid dienone is 2. The number of aliphatic hydroxyl groups excluding tert-OH is 3. The van der Waals surface area contributed by atoms with Crippen LogP contribution in [0.4, 0.5) is 4.79 Å². The van der Waals surface area contributed by atoms with E-state index in [1.165, 1.54) is 38.5 Å². The van der Waals surface area contributed by atoms with E-state index >= 15 is 0 Å². The minimum absolute atomic E-state index is 0.0734. The number of piperazine rings is 1. The number of rotatable bonds is 11.